The molecule has 3 N–H and O–H groups in total. The number of rotatable bonds is 2. The Labute approximate surface area is 120 Å². The van der Waals surface area contributed by atoms with Crippen LogP contribution in [0.1, 0.15) is 32.4 Å². The fourth-order valence-corrected chi connectivity index (χ4v) is 4.16. The number of phenolic OH excluding ortho intramolecular Hbond substituents is 2. The van der Waals surface area contributed by atoms with Crippen LogP contribution in [0.15, 0.2) is 18.2 Å². The minimum atomic E-state index is 0.111. The molecule has 3 unspecified atom stereocenters. The number of hydrogen-bond donors (Lipinski definition) is 3. The molecule has 2 saturated heterocycles. The van der Waals surface area contributed by atoms with Crippen LogP contribution >= 0.6 is 0 Å². The van der Waals surface area contributed by atoms with Crippen molar-refractivity contribution in [1.82, 2.24) is 10.2 Å². The average Bonchev–Trinajstić information content (AvgIpc) is 2.91. The lowest BCUT2D eigenvalue weighted by atomic mass is 9.84. The molecule has 0 aromatic heterocycles. The molecule has 3 rings (SSSR count). The number of nitrogens with zero attached hydrogens (tertiary/aromatic N) is 1. The van der Waals surface area contributed by atoms with Gasteiger partial charge in [-0.1, -0.05) is 6.07 Å². The highest BCUT2D eigenvalue weighted by molar-refractivity contribution is 5.41. The summed E-state index contributed by atoms with van der Waals surface area (Å²) in [5.41, 5.74) is 1.02. The minimum absolute atomic E-state index is 0.111. The third kappa shape index (κ3) is 1.98. The van der Waals surface area contributed by atoms with Gasteiger partial charge in [-0.15, -0.1) is 0 Å². The monoisotopic (exact) mass is 276 g/mol. The number of fused-ring (bicyclic) bond motifs is 1. The van der Waals surface area contributed by atoms with E-state index in [0.29, 0.717) is 11.8 Å². The summed E-state index contributed by atoms with van der Waals surface area (Å²) in [7, 11) is 0. The van der Waals surface area contributed by atoms with Crippen molar-refractivity contribution in [2.45, 2.75) is 32.4 Å². The second-order valence-corrected chi connectivity index (χ2v) is 6.75. The Hall–Kier alpha value is -1.26. The van der Waals surface area contributed by atoms with Gasteiger partial charge in [0, 0.05) is 36.3 Å². The molecule has 4 nitrogen and oxygen atoms in total. The van der Waals surface area contributed by atoms with Crippen LogP contribution in [-0.4, -0.2) is 40.3 Å². The molecule has 2 aliphatic heterocycles. The standard InChI is InChI=1S/C16H24N2O2/c1-10(13-5-4-12(19)6-15(13)20)18-9-11-7-17-8-14(11)16(18,2)3/h4-6,10-11,14,17,19-20H,7-9H2,1-3H3. The normalized spacial score (nSPS) is 30.4. The number of nitrogens with one attached hydrogen (secondary N) is 1. The Bertz CT molecular complexity index is 515. The molecule has 20 heavy (non-hydrogen) atoms. The van der Waals surface area contributed by atoms with E-state index in [9.17, 15) is 10.2 Å². The maximum atomic E-state index is 10.1. The highest BCUT2D eigenvalue weighted by Gasteiger charge is 2.51. The Balaban J connectivity index is 1.89. The van der Waals surface area contributed by atoms with Crippen LogP contribution in [0.25, 0.3) is 0 Å². The van der Waals surface area contributed by atoms with Gasteiger partial charge in [0.1, 0.15) is 11.5 Å². The maximum absolute atomic E-state index is 10.1. The van der Waals surface area contributed by atoms with Crippen LogP contribution in [0, 0.1) is 11.8 Å². The van der Waals surface area contributed by atoms with Crippen molar-refractivity contribution in [2.75, 3.05) is 19.6 Å². The average molecular weight is 276 g/mol. The van der Waals surface area contributed by atoms with Gasteiger partial charge in [-0.3, -0.25) is 4.90 Å². The summed E-state index contributed by atoms with van der Waals surface area (Å²) in [6.45, 7) is 9.99. The molecular weight excluding hydrogens is 252 g/mol. The van der Waals surface area contributed by atoms with Gasteiger partial charge in [0.05, 0.1) is 0 Å². The van der Waals surface area contributed by atoms with Gasteiger partial charge in [-0.2, -0.15) is 0 Å². The summed E-state index contributed by atoms with van der Waals surface area (Å²) in [5, 5.41) is 23.0. The van der Waals surface area contributed by atoms with Crippen molar-refractivity contribution >= 4 is 0 Å². The molecule has 0 radical (unpaired) electrons. The Morgan fingerprint density at radius 2 is 2.05 bits per heavy atom. The van der Waals surface area contributed by atoms with E-state index in [-0.39, 0.29) is 23.1 Å². The molecule has 0 bridgehead atoms. The Morgan fingerprint density at radius 3 is 2.70 bits per heavy atom. The fraction of sp³-hybridized carbons (Fsp3) is 0.625. The summed E-state index contributed by atoms with van der Waals surface area (Å²) < 4.78 is 0. The first-order valence-corrected chi connectivity index (χ1v) is 7.40. The molecule has 0 saturated carbocycles. The van der Waals surface area contributed by atoms with Crippen molar-refractivity contribution in [3.05, 3.63) is 23.8 Å². The molecule has 2 fully saturated rings. The zero-order chi connectivity index (χ0) is 14.5. The Kier molecular flexibility index (Phi) is 3.18. The van der Waals surface area contributed by atoms with Gasteiger partial charge in [0.15, 0.2) is 0 Å². The second kappa shape index (κ2) is 4.64. The molecule has 0 aliphatic carbocycles. The molecule has 2 heterocycles. The largest absolute Gasteiger partial charge is 0.508 e. The quantitative estimate of drug-likeness (QED) is 0.774. The van der Waals surface area contributed by atoms with Crippen LogP contribution in [0.2, 0.25) is 0 Å². The summed E-state index contributed by atoms with van der Waals surface area (Å²) in [4.78, 5) is 2.50. The van der Waals surface area contributed by atoms with E-state index in [1.165, 1.54) is 6.07 Å². The number of likely N-dealkylation sites (tertiary alicyclic amines) is 1. The van der Waals surface area contributed by atoms with Crippen LogP contribution < -0.4 is 5.32 Å². The zero-order valence-corrected chi connectivity index (χ0v) is 12.4. The molecule has 3 atom stereocenters. The fourth-order valence-electron chi connectivity index (χ4n) is 4.16. The van der Waals surface area contributed by atoms with E-state index in [1.807, 2.05) is 6.07 Å². The van der Waals surface area contributed by atoms with Gasteiger partial charge in [0.25, 0.3) is 0 Å². The highest BCUT2D eigenvalue weighted by atomic mass is 16.3. The SMILES string of the molecule is CC(c1ccc(O)cc1O)N1CC2CNCC2C1(C)C. The van der Waals surface area contributed by atoms with E-state index >= 15 is 0 Å². The molecule has 1 aromatic carbocycles. The van der Waals surface area contributed by atoms with Gasteiger partial charge >= 0.3 is 0 Å². The first kappa shape index (κ1) is 13.7. The smallest absolute Gasteiger partial charge is 0.124 e. The van der Waals surface area contributed by atoms with E-state index in [1.54, 1.807) is 6.07 Å². The van der Waals surface area contributed by atoms with Crippen LogP contribution in [0.5, 0.6) is 11.5 Å². The van der Waals surface area contributed by atoms with Crippen molar-refractivity contribution in [3.8, 4) is 11.5 Å². The van der Waals surface area contributed by atoms with Crippen molar-refractivity contribution in [2.24, 2.45) is 11.8 Å². The molecule has 4 heteroatoms. The van der Waals surface area contributed by atoms with E-state index in [0.717, 1.165) is 25.2 Å². The summed E-state index contributed by atoms with van der Waals surface area (Å²) in [5.74, 6) is 1.67. The second-order valence-electron chi connectivity index (χ2n) is 6.75. The summed E-state index contributed by atoms with van der Waals surface area (Å²) >= 11 is 0. The first-order valence-electron chi connectivity index (χ1n) is 7.40. The lowest BCUT2D eigenvalue weighted by Crippen LogP contribution is -2.45. The predicted octanol–water partition coefficient (Wildman–Crippen LogP) is 2.09. The van der Waals surface area contributed by atoms with Crippen LogP contribution in [0.3, 0.4) is 0 Å². The van der Waals surface area contributed by atoms with Crippen molar-refractivity contribution in [3.63, 3.8) is 0 Å². The van der Waals surface area contributed by atoms with E-state index in [4.69, 9.17) is 0 Å². The molecule has 2 aliphatic rings. The van der Waals surface area contributed by atoms with Gasteiger partial charge in [0.2, 0.25) is 0 Å². The van der Waals surface area contributed by atoms with Gasteiger partial charge in [-0.25, -0.2) is 0 Å². The third-order valence-corrected chi connectivity index (χ3v) is 5.35. The number of phenols is 2. The summed E-state index contributed by atoms with van der Waals surface area (Å²) in [6.07, 6.45) is 0. The summed E-state index contributed by atoms with van der Waals surface area (Å²) in [6, 6.07) is 5.06. The number of hydrogen-bond acceptors (Lipinski definition) is 4. The zero-order valence-electron chi connectivity index (χ0n) is 12.4. The van der Waals surface area contributed by atoms with Crippen molar-refractivity contribution < 1.29 is 10.2 Å². The van der Waals surface area contributed by atoms with Crippen LogP contribution in [0.4, 0.5) is 0 Å². The Morgan fingerprint density at radius 1 is 1.30 bits per heavy atom. The molecule has 110 valence electrons. The minimum Gasteiger partial charge on any atom is -0.508 e. The first-order chi connectivity index (χ1) is 9.41. The van der Waals surface area contributed by atoms with Gasteiger partial charge in [-0.05, 0) is 45.2 Å². The molecule has 0 amide bonds. The molecular formula is C16H24N2O2. The lowest BCUT2D eigenvalue weighted by molar-refractivity contribution is 0.0958. The van der Waals surface area contributed by atoms with E-state index < -0.39 is 0 Å². The molecule has 1 aromatic rings. The topological polar surface area (TPSA) is 55.7 Å². The number of benzene rings is 1. The van der Waals surface area contributed by atoms with E-state index in [2.05, 4.69) is 31.0 Å². The highest BCUT2D eigenvalue weighted by Crippen LogP contribution is 2.46. The third-order valence-electron chi connectivity index (χ3n) is 5.35. The van der Waals surface area contributed by atoms with Crippen LogP contribution in [-0.2, 0) is 0 Å². The number of aromatic hydroxyl groups is 2. The lowest BCUT2D eigenvalue weighted by Gasteiger charge is -2.40. The maximum Gasteiger partial charge on any atom is 0.124 e. The van der Waals surface area contributed by atoms with Crippen molar-refractivity contribution in [1.29, 1.82) is 0 Å². The predicted molar refractivity (Wildman–Crippen MR) is 78.8 cm³/mol. The van der Waals surface area contributed by atoms with Gasteiger partial charge < -0.3 is 15.5 Å². The molecule has 0 spiro atoms.